The van der Waals surface area contributed by atoms with Gasteiger partial charge in [0.1, 0.15) is 0 Å². The fraction of sp³-hybridized carbons (Fsp3) is 0.885. The van der Waals surface area contributed by atoms with Crippen molar-refractivity contribution >= 4 is 0 Å². The molecule has 10 atom stereocenters. The number of hydrogen-bond acceptors (Lipinski definition) is 3. The van der Waals surface area contributed by atoms with Crippen molar-refractivity contribution in [1.82, 2.24) is 10.2 Å². The molecule has 3 fully saturated rings. The van der Waals surface area contributed by atoms with Gasteiger partial charge in [-0.15, -0.1) is 0 Å². The number of aliphatic hydroxyl groups excluding tert-OH is 2. The molecule has 0 aliphatic heterocycles. The van der Waals surface area contributed by atoms with Crippen LogP contribution in [0.1, 0.15) is 77.0 Å². The molecule has 1 heterocycles. The van der Waals surface area contributed by atoms with E-state index in [1.807, 2.05) is 6.20 Å². The first kappa shape index (κ1) is 21.0. The van der Waals surface area contributed by atoms with Crippen LogP contribution in [0.2, 0.25) is 0 Å². The van der Waals surface area contributed by atoms with Crippen molar-refractivity contribution in [2.45, 2.75) is 90.8 Å². The Balaban J connectivity index is 1.32. The van der Waals surface area contributed by atoms with Crippen LogP contribution in [0, 0.1) is 53.3 Å². The molecule has 168 valence electrons. The van der Waals surface area contributed by atoms with Gasteiger partial charge in [-0.2, -0.15) is 5.10 Å². The molecule has 3 N–H and O–H groups in total. The number of fused-ring (bicyclic) bond motifs is 6. The van der Waals surface area contributed by atoms with E-state index in [-0.39, 0.29) is 5.92 Å². The van der Waals surface area contributed by atoms with Gasteiger partial charge < -0.3 is 10.2 Å². The van der Waals surface area contributed by atoms with E-state index in [1.165, 1.54) is 56.2 Å². The molecular formula is C26H42N2O2. The minimum absolute atomic E-state index is 0.193. The normalized spacial score (nSPS) is 43.6. The molecular weight excluding hydrogens is 372 g/mol. The highest BCUT2D eigenvalue weighted by molar-refractivity contribution is 5.24. The molecule has 4 nitrogen and oxygen atoms in total. The third-order valence-corrected chi connectivity index (χ3v) is 9.91. The first-order chi connectivity index (χ1) is 14.5. The summed E-state index contributed by atoms with van der Waals surface area (Å²) in [6.07, 6.45) is 12.0. The van der Waals surface area contributed by atoms with Gasteiger partial charge in [-0.25, -0.2) is 0 Å². The summed E-state index contributed by atoms with van der Waals surface area (Å²) in [5.41, 5.74) is 2.54. The fourth-order valence-electron chi connectivity index (χ4n) is 8.51. The van der Waals surface area contributed by atoms with Crippen LogP contribution in [0.15, 0.2) is 6.20 Å². The Morgan fingerprint density at radius 1 is 0.900 bits per heavy atom. The van der Waals surface area contributed by atoms with E-state index in [0.717, 1.165) is 36.5 Å². The van der Waals surface area contributed by atoms with E-state index in [1.54, 1.807) is 0 Å². The van der Waals surface area contributed by atoms with Crippen molar-refractivity contribution in [3.05, 3.63) is 17.5 Å². The third kappa shape index (κ3) is 3.46. The second kappa shape index (κ2) is 8.24. The second-order valence-electron chi connectivity index (χ2n) is 11.8. The van der Waals surface area contributed by atoms with Crippen molar-refractivity contribution in [2.75, 3.05) is 0 Å². The molecule has 4 aliphatic rings. The summed E-state index contributed by atoms with van der Waals surface area (Å²) < 4.78 is 0. The molecule has 5 rings (SSSR count). The zero-order valence-corrected chi connectivity index (χ0v) is 19.1. The van der Waals surface area contributed by atoms with Crippen LogP contribution in [-0.4, -0.2) is 32.6 Å². The monoisotopic (exact) mass is 414 g/mol. The van der Waals surface area contributed by atoms with Crippen LogP contribution in [0.25, 0.3) is 0 Å². The summed E-state index contributed by atoms with van der Waals surface area (Å²) in [7, 11) is 0. The number of rotatable bonds is 5. The maximum absolute atomic E-state index is 11.3. The zero-order chi connectivity index (χ0) is 21.0. The lowest BCUT2D eigenvalue weighted by atomic mass is 9.51. The maximum atomic E-state index is 11.3. The van der Waals surface area contributed by atoms with Gasteiger partial charge in [-0.1, -0.05) is 40.0 Å². The average Bonchev–Trinajstić information content (AvgIpc) is 3.36. The van der Waals surface area contributed by atoms with Gasteiger partial charge in [0, 0.05) is 5.69 Å². The van der Waals surface area contributed by atoms with Gasteiger partial charge in [-0.05, 0) is 97.3 Å². The molecule has 0 spiro atoms. The summed E-state index contributed by atoms with van der Waals surface area (Å²) in [6, 6.07) is 0. The molecule has 0 radical (unpaired) electrons. The lowest BCUT2D eigenvalue weighted by molar-refractivity contribution is -0.163. The first-order valence-corrected chi connectivity index (χ1v) is 12.8. The van der Waals surface area contributed by atoms with Crippen molar-refractivity contribution in [1.29, 1.82) is 0 Å². The maximum Gasteiger partial charge on any atom is 0.0836 e. The summed E-state index contributed by atoms with van der Waals surface area (Å²) in [6.45, 7) is 7.15. The van der Waals surface area contributed by atoms with Crippen LogP contribution >= 0.6 is 0 Å². The number of aromatic amines is 1. The number of aromatic nitrogens is 2. The van der Waals surface area contributed by atoms with Crippen LogP contribution in [0.5, 0.6) is 0 Å². The minimum Gasteiger partial charge on any atom is -0.390 e. The van der Waals surface area contributed by atoms with Gasteiger partial charge in [0.2, 0.25) is 0 Å². The molecule has 0 aromatic carbocycles. The van der Waals surface area contributed by atoms with Gasteiger partial charge in [0.25, 0.3) is 0 Å². The van der Waals surface area contributed by atoms with E-state index < -0.39 is 12.2 Å². The fourth-order valence-corrected chi connectivity index (χ4v) is 8.51. The molecule has 0 amide bonds. The van der Waals surface area contributed by atoms with Crippen molar-refractivity contribution < 1.29 is 10.2 Å². The van der Waals surface area contributed by atoms with Gasteiger partial charge >= 0.3 is 0 Å². The van der Waals surface area contributed by atoms with Crippen molar-refractivity contribution in [3.63, 3.8) is 0 Å². The molecule has 4 heteroatoms. The highest BCUT2D eigenvalue weighted by Gasteiger charge is 2.58. The summed E-state index contributed by atoms with van der Waals surface area (Å²) >= 11 is 0. The SMILES string of the molecule is CC(C)CCC[C@@H](C)C1CCC2C1CCC1C3Cc4cn[nH]c4CC3C(O)C(O)C12. The Kier molecular flexibility index (Phi) is 5.77. The van der Waals surface area contributed by atoms with Crippen LogP contribution < -0.4 is 0 Å². The van der Waals surface area contributed by atoms with E-state index >= 15 is 0 Å². The largest absolute Gasteiger partial charge is 0.390 e. The highest BCUT2D eigenvalue weighted by Crippen LogP contribution is 2.59. The second-order valence-corrected chi connectivity index (χ2v) is 11.8. The summed E-state index contributed by atoms with van der Waals surface area (Å²) in [5, 5.41) is 29.9. The molecule has 0 bridgehead atoms. The Labute approximate surface area is 182 Å². The lowest BCUT2D eigenvalue weighted by Gasteiger charge is -2.56. The molecule has 9 unspecified atom stereocenters. The first-order valence-electron chi connectivity index (χ1n) is 12.8. The molecule has 0 saturated heterocycles. The Hall–Kier alpha value is -0.870. The molecule has 1 aromatic rings. The molecule has 30 heavy (non-hydrogen) atoms. The van der Waals surface area contributed by atoms with Gasteiger partial charge in [0.05, 0.1) is 18.4 Å². The van der Waals surface area contributed by atoms with Crippen LogP contribution in [0.3, 0.4) is 0 Å². The summed E-state index contributed by atoms with van der Waals surface area (Å²) in [5.74, 6) is 5.43. The number of hydrogen-bond donors (Lipinski definition) is 3. The lowest BCUT2D eigenvalue weighted by Crippen LogP contribution is -2.58. The van der Waals surface area contributed by atoms with Crippen LogP contribution in [0.4, 0.5) is 0 Å². The predicted molar refractivity (Wildman–Crippen MR) is 119 cm³/mol. The van der Waals surface area contributed by atoms with Crippen molar-refractivity contribution in [2.24, 2.45) is 53.3 Å². The summed E-state index contributed by atoms with van der Waals surface area (Å²) in [4.78, 5) is 0. The van der Waals surface area contributed by atoms with Crippen LogP contribution in [-0.2, 0) is 12.8 Å². The molecule has 4 aliphatic carbocycles. The number of H-pyrrole nitrogens is 1. The van der Waals surface area contributed by atoms with Gasteiger partial charge in [-0.3, -0.25) is 5.10 Å². The predicted octanol–water partition coefficient (Wildman–Crippen LogP) is 4.61. The third-order valence-electron chi connectivity index (χ3n) is 9.91. The van der Waals surface area contributed by atoms with E-state index in [2.05, 4.69) is 31.0 Å². The Morgan fingerprint density at radius 3 is 2.43 bits per heavy atom. The zero-order valence-electron chi connectivity index (χ0n) is 19.1. The molecule has 1 aromatic heterocycles. The van der Waals surface area contributed by atoms with E-state index in [4.69, 9.17) is 0 Å². The average molecular weight is 415 g/mol. The number of nitrogens with one attached hydrogen (secondary N) is 1. The van der Waals surface area contributed by atoms with E-state index in [0.29, 0.717) is 23.7 Å². The van der Waals surface area contributed by atoms with E-state index in [9.17, 15) is 10.2 Å². The number of nitrogens with zero attached hydrogens (tertiary/aromatic N) is 1. The smallest absolute Gasteiger partial charge is 0.0836 e. The minimum atomic E-state index is -0.575. The number of aliphatic hydroxyl groups is 2. The Morgan fingerprint density at radius 2 is 1.63 bits per heavy atom. The standard InChI is InChI=1S/C26H42N2O2/c1-14(2)5-4-6-15(3)17-7-9-19-18(17)8-10-20-21-11-16-13-27-28-23(16)12-22(21)25(29)26(30)24(19)20/h13-15,17-22,24-26,29-30H,4-12H2,1-3H3,(H,27,28)/t15-,17?,18?,19?,20?,21?,22?,24?,25?,26?/m1/s1. The highest BCUT2D eigenvalue weighted by atomic mass is 16.3. The topological polar surface area (TPSA) is 69.1 Å². The quantitative estimate of drug-likeness (QED) is 0.659. The van der Waals surface area contributed by atoms with Crippen molar-refractivity contribution in [3.8, 4) is 0 Å². The van der Waals surface area contributed by atoms with Gasteiger partial charge in [0.15, 0.2) is 0 Å². The molecule has 3 saturated carbocycles. The Bertz CT molecular complexity index is 730.